The lowest BCUT2D eigenvalue weighted by atomic mass is 9.68. The number of ether oxygens (including phenoxy) is 4. The fourth-order valence-electron chi connectivity index (χ4n) is 12.2. The monoisotopic (exact) mass is 1270 g/mol. The van der Waals surface area contributed by atoms with Crippen LogP contribution in [0.3, 0.4) is 0 Å². The smallest absolute Gasteiger partial charge is 0.410 e. The summed E-state index contributed by atoms with van der Waals surface area (Å²) in [5.41, 5.74) is -1.11. The first-order valence-corrected chi connectivity index (χ1v) is 30.5. The average Bonchev–Trinajstić information content (AvgIpc) is 1.46. The van der Waals surface area contributed by atoms with E-state index in [2.05, 4.69) is 31.9 Å². The van der Waals surface area contributed by atoms with Gasteiger partial charge >= 0.3 is 18.0 Å². The van der Waals surface area contributed by atoms with E-state index in [-0.39, 0.29) is 56.4 Å². The van der Waals surface area contributed by atoms with E-state index in [1.807, 2.05) is 0 Å². The zero-order chi connectivity index (χ0) is 66.8. The predicted molar refractivity (Wildman–Crippen MR) is 325 cm³/mol. The number of hydrogen-bond acceptors (Lipinski definition) is 18. The molecular formula is C65H76FN9O17. The van der Waals surface area contributed by atoms with Crippen molar-refractivity contribution in [3.63, 3.8) is 0 Å². The van der Waals surface area contributed by atoms with E-state index in [1.165, 1.54) is 10.6 Å². The normalized spacial score (nSPS) is 18.4. The summed E-state index contributed by atoms with van der Waals surface area (Å²) in [5.74, 6) is -11.4. The van der Waals surface area contributed by atoms with Crippen molar-refractivity contribution in [1.29, 1.82) is 0 Å². The molecule has 2 aromatic carbocycles. The maximum absolute atomic E-state index is 15.6. The average molecular weight is 1270 g/mol. The number of rotatable bonds is 23. The molecule has 490 valence electrons. The van der Waals surface area contributed by atoms with E-state index in [0.29, 0.717) is 76.6 Å². The summed E-state index contributed by atoms with van der Waals surface area (Å²) in [4.78, 5) is 167. The number of ketones is 2. The van der Waals surface area contributed by atoms with Crippen molar-refractivity contribution < 1.29 is 81.2 Å². The molecule has 26 nitrogen and oxygen atoms in total. The Morgan fingerprint density at radius 3 is 2.13 bits per heavy atom. The highest BCUT2D eigenvalue weighted by molar-refractivity contribution is 6.20. The van der Waals surface area contributed by atoms with Gasteiger partial charge in [0.05, 0.1) is 78.5 Å². The topological polar surface area (TPSA) is 355 Å². The summed E-state index contributed by atoms with van der Waals surface area (Å²) in [6.07, 6.45) is 3.25. The zero-order valence-electron chi connectivity index (χ0n) is 52.5. The van der Waals surface area contributed by atoms with Crippen LogP contribution in [-0.4, -0.2) is 148 Å². The standard InChI is InChI=1S/C65H76FN9O17/c1-9-65(88)40-23-45-55-37(29-75(45)58(84)39(40)31-90-60(65)86)53-42(17-16-36-34(2)41(66)24-43(72-55)52(36)53)73-59(85)64(20-13-21-64)32-89-33-70-49(79)26-69-57(83)44(22-35-14-11-10-12-15-35)71-50(80)27-67-48(78)25-68-56(82)38(54-46(76)18-19-47(54)77)28-74(61(87)92-63(6,7)8)30-51(81)91-62(3,4)5/h10-12,14-15,18-19,23-24,38,42,44,54,88H,9,13,16-17,20-22,25-33H2,1-8H3,(H,67,78)(H,68,82)(H,69,83)(H,70,79)(H,71,80)(H,73,85)/t38-,42+,44+,65+/m1/s1. The highest BCUT2D eigenvalue weighted by Gasteiger charge is 2.49. The predicted octanol–water partition coefficient (Wildman–Crippen LogP) is 2.49. The number of carbonyl (C=O) groups is 11. The molecule has 2 aromatic heterocycles. The fourth-order valence-corrected chi connectivity index (χ4v) is 12.2. The number of halogens is 1. The van der Waals surface area contributed by atoms with Crippen LogP contribution in [0.2, 0.25) is 0 Å². The molecule has 4 atom stereocenters. The van der Waals surface area contributed by atoms with Gasteiger partial charge in [-0.3, -0.25) is 52.8 Å². The van der Waals surface area contributed by atoms with E-state index >= 15 is 4.39 Å². The highest BCUT2D eigenvalue weighted by Crippen LogP contribution is 2.48. The van der Waals surface area contributed by atoms with E-state index in [9.17, 15) is 62.6 Å². The molecule has 1 fully saturated rings. The molecule has 0 spiro atoms. The Kier molecular flexibility index (Phi) is 19.6. The molecule has 4 heterocycles. The number of allylic oxidation sites excluding steroid dienone is 2. The van der Waals surface area contributed by atoms with Gasteiger partial charge in [-0.15, -0.1) is 0 Å². The Labute approximate surface area is 528 Å². The van der Waals surface area contributed by atoms with Crippen LogP contribution in [0.1, 0.15) is 126 Å². The molecule has 5 aliphatic rings. The van der Waals surface area contributed by atoms with Gasteiger partial charge in [-0.2, -0.15) is 0 Å². The number of esters is 2. The van der Waals surface area contributed by atoms with E-state index in [0.717, 1.165) is 22.6 Å². The van der Waals surface area contributed by atoms with Crippen LogP contribution in [0.4, 0.5) is 9.18 Å². The third-order valence-electron chi connectivity index (χ3n) is 17.0. The second-order valence-corrected chi connectivity index (χ2v) is 25.8. The fraction of sp³-hybridized carbons (Fsp3) is 0.492. The number of hydrogen-bond donors (Lipinski definition) is 7. The summed E-state index contributed by atoms with van der Waals surface area (Å²) in [6.45, 7) is 8.67. The van der Waals surface area contributed by atoms with Crippen LogP contribution in [0.15, 0.2) is 59.4 Å². The van der Waals surface area contributed by atoms with Crippen LogP contribution in [0.5, 0.6) is 0 Å². The summed E-state index contributed by atoms with van der Waals surface area (Å²) < 4.78 is 39.1. The van der Waals surface area contributed by atoms with Gasteiger partial charge in [-0.25, -0.2) is 19.0 Å². The number of amides is 7. The molecule has 2 aliphatic heterocycles. The summed E-state index contributed by atoms with van der Waals surface area (Å²) in [6, 6.07) is 9.64. The van der Waals surface area contributed by atoms with E-state index in [1.54, 1.807) is 91.8 Å². The van der Waals surface area contributed by atoms with Gasteiger partial charge in [0.25, 0.3) is 5.56 Å². The van der Waals surface area contributed by atoms with Crippen molar-refractivity contribution in [2.75, 3.05) is 46.1 Å². The minimum absolute atomic E-state index is 0.0426. The Morgan fingerprint density at radius 1 is 0.837 bits per heavy atom. The molecular weight excluding hydrogens is 1200 g/mol. The number of fused-ring (bicyclic) bond motifs is 5. The molecule has 3 aliphatic carbocycles. The number of aryl methyl sites for hydroxylation is 1. The molecule has 9 rings (SSSR count). The lowest BCUT2D eigenvalue weighted by Crippen LogP contribution is -2.53. The summed E-state index contributed by atoms with van der Waals surface area (Å²) >= 11 is 0. The third-order valence-corrected chi connectivity index (χ3v) is 17.0. The largest absolute Gasteiger partial charge is 0.459 e. The Bertz CT molecular complexity index is 3770. The van der Waals surface area contributed by atoms with Crippen LogP contribution < -0.4 is 37.5 Å². The van der Waals surface area contributed by atoms with Gasteiger partial charge < -0.3 is 60.5 Å². The van der Waals surface area contributed by atoms with Gasteiger partial charge in [-0.05, 0) is 121 Å². The molecule has 4 aromatic rings. The minimum atomic E-state index is -2.07. The lowest BCUT2D eigenvalue weighted by Gasteiger charge is -2.41. The van der Waals surface area contributed by atoms with Gasteiger partial charge in [0, 0.05) is 35.5 Å². The lowest BCUT2D eigenvalue weighted by molar-refractivity contribution is -0.172. The molecule has 0 unspecified atom stereocenters. The van der Waals surface area contributed by atoms with Crippen molar-refractivity contribution >= 4 is 75.9 Å². The maximum atomic E-state index is 15.6. The Balaban J connectivity index is 0.785. The van der Waals surface area contributed by atoms with Crippen molar-refractivity contribution in [3.05, 3.63) is 110 Å². The first kappa shape index (κ1) is 67.2. The van der Waals surface area contributed by atoms with Crippen molar-refractivity contribution in [3.8, 4) is 11.4 Å². The summed E-state index contributed by atoms with van der Waals surface area (Å²) in [7, 11) is 0. The van der Waals surface area contributed by atoms with Crippen LogP contribution in [0.25, 0.3) is 22.3 Å². The van der Waals surface area contributed by atoms with Crippen LogP contribution in [-0.2, 0) is 98.5 Å². The molecule has 1 saturated carbocycles. The molecule has 0 bridgehead atoms. The maximum Gasteiger partial charge on any atom is 0.410 e. The third kappa shape index (κ3) is 14.6. The first-order valence-electron chi connectivity index (χ1n) is 30.5. The van der Waals surface area contributed by atoms with Crippen molar-refractivity contribution in [1.82, 2.24) is 46.4 Å². The Morgan fingerprint density at radius 2 is 1.49 bits per heavy atom. The van der Waals surface area contributed by atoms with Crippen LogP contribution >= 0.6 is 0 Å². The number of aliphatic hydroxyl groups is 1. The van der Waals surface area contributed by atoms with Crippen LogP contribution in [0, 0.1) is 30.0 Å². The number of aromatic nitrogens is 2. The number of carbonyl (C=O) groups excluding carboxylic acids is 11. The first-order chi connectivity index (χ1) is 43.4. The molecule has 7 amide bonds. The molecule has 92 heavy (non-hydrogen) atoms. The van der Waals surface area contributed by atoms with Gasteiger partial charge in [-0.1, -0.05) is 43.7 Å². The van der Waals surface area contributed by atoms with Crippen molar-refractivity contribution in [2.45, 2.75) is 142 Å². The highest BCUT2D eigenvalue weighted by atomic mass is 19.1. The van der Waals surface area contributed by atoms with E-state index < -0.39 is 149 Å². The summed E-state index contributed by atoms with van der Waals surface area (Å²) in [5, 5.41) is 27.7. The molecule has 7 N–H and O–H groups in total. The van der Waals surface area contributed by atoms with Gasteiger partial charge in [0.1, 0.15) is 42.9 Å². The SMILES string of the molecule is CC[C@@]1(O)C(=O)OCc2c1cc1n(c2=O)Cc2c-1nc1cc(F)c(C)c3c1c2[C@@H](NC(=O)C1(COCNC(=O)CNC(=O)[C@H](Cc2ccccc2)NC(=O)CNC(=O)CNC(=O)[C@H](CN(CC(=O)OC(C)(C)C)C(=O)OC(C)(C)C)C2C(=O)C=CC2=O)CCC1)CC3. The molecule has 0 saturated heterocycles. The molecule has 27 heteroatoms. The van der Waals surface area contributed by atoms with Gasteiger partial charge in [0.2, 0.25) is 35.4 Å². The number of nitrogens with one attached hydrogen (secondary N) is 6. The Hall–Kier alpha value is -9.24. The number of cyclic esters (lactones) is 1. The number of nitrogens with zero attached hydrogens (tertiary/aromatic N) is 3. The second kappa shape index (κ2) is 26.9. The van der Waals surface area contributed by atoms with E-state index in [4.69, 9.17) is 23.9 Å². The quantitative estimate of drug-likeness (QED) is 0.0162. The van der Waals surface area contributed by atoms with Gasteiger partial charge in [0.15, 0.2) is 17.2 Å². The zero-order valence-corrected chi connectivity index (χ0v) is 52.5. The van der Waals surface area contributed by atoms with Crippen molar-refractivity contribution in [2.24, 2.45) is 17.3 Å². The molecule has 0 radical (unpaired) electrons. The number of pyridine rings is 2. The second-order valence-electron chi connectivity index (χ2n) is 25.8. The number of benzene rings is 2. The minimum Gasteiger partial charge on any atom is -0.459 e.